The lowest BCUT2D eigenvalue weighted by atomic mass is 10.0. The van der Waals surface area contributed by atoms with E-state index in [0.29, 0.717) is 18.4 Å². The second-order valence-electron chi connectivity index (χ2n) is 5.75. The molecule has 1 unspecified atom stereocenters. The smallest absolute Gasteiger partial charge is 0.221 e. The number of carbonyl (C=O) groups excluding carboxylic acids is 1. The molecule has 1 fully saturated rings. The zero-order valence-electron chi connectivity index (χ0n) is 12.8. The zero-order valence-corrected chi connectivity index (χ0v) is 12.8. The Labute approximate surface area is 126 Å². The highest BCUT2D eigenvalue weighted by atomic mass is 16.1. The van der Waals surface area contributed by atoms with E-state index in [1.54, 1.807) is 0 Å². The third-order valence-electron chi connectivity index (χ3n) is 3.65. The molecule has 5 nitrogen and oxygen atoms in total. The maximum Gasteiger partial charge on any atom is 0.221 e. The van der Waals surface area contributed by atoms with Gasteiger partial charge in [-0.3, -0.25) is 4.79 Å². The summed E-state index contributed by atoms with van der Waals surface area (Å²) in [5.74, 6) is 1.22. The number of amides is 1. The summed E-state index contributed by atoms with van der Waals surface area (Å²) in [5, 5.41) is 2.77. The lowest BCUT2D eigenvalue weighted by Crippen LogP contribution is -2.43. The predicted octanol–water partition coefficient (Wildman–Crippen LogP) is 2.19. The average molecular weight is 288 g/mol. The number of nitrogens with two attached hydrogens (primary N) is 1. The summed E-state index contributed by atoms with van der Waals surface area (Å²) >= 11 is 0. The number of nitrogens with one attached hydrogen (secondary N) is 1. The first-order chi connectivity index (χ1) is 10.0. The van der Waals surface area contributed by atoms with Crippen molar-refractivity contribution in [1.82, 2.24) is 4.90 Å². The normalized spacial score (nSPS) is 19.4. The maximum atomic E-state index is 11.1. The molecule has 21 heavy (non-hydrogen) atoms. The van der Waals surface area contributed by atoms with Crippen LogP contribution in [0.4, 0.5) is 5.69 Å². The molecule has 1 aliphatic rings. The number of carbonyl (C=O) groups is 1. The van der Waals surface area contributed by atoms with Crippen molar-refractivity contribution in [1.29, 1.82) is 0 Å². The van der Waals surface area contributed by atoms with Gasteiger partial charge in [-0.25, -0.2) is 4.99 Å². The van der Waals surface area contributed by atoms with Gasteiger partial charge in [0.1, 0.15) is 0 Å². The first kappa shape index (κ1) is 15.4. The quantitative estimate of drug-likeness (QED) is 0.661. The number of guanidine groups is 1. The van der Waals surface area contributed by atoms with Crippen LogP contribution in [-0.2, 0) is 11.3 Å². The molecule has 0 saturated carbocycles. The number of piperidine rings is 1. The highest BCUT2D eigenvalue weighted by Crippen LogP contribution is 2.16. The Morgan fingerprint density at radius 1 is 1.52 bits per heavy atom. The van der Waals surface area contributed by atoms with Crippen molar-refractivity contribution in [2.45, 2.75) is 33.2 Å². The number of hydrogen-bond donors (Lipinski definition) is 2. The highest BCUT2D eigenvalue weighted by molar-refractivity contribution is 5.88. The number of likely N-dealkylation sites (tertiary alicyclic amines) is 1. The minimum atomic E-state index is -0.0718. The first-order valence-corrected chi connectivity index (χ1v) is 7.46. The van der Waals surface area contributed by atoms with Gasteiger partial charge in [-0.1, -0.05) is 19.1 Å². The van der Waals surface area contributed by atoms with E-state index in [9.17, 15) is 4.79 Å². The Balaban J connectivity index is 1.97. The number of anilines is 1. The molecule has 0 bridgehead atoms. The molecule has 5 heteroatoms. The summed E-state index contributed by atoms with van der Waals surface area (Å²) in [7, 11) is 0. The van der Waals surface area contributed by atoms with Gasteiger partial charge in [0, 0.05) is 25.7 Å². The van der Waals surface area contributed by atoms with Gasteiger partial charge >= 0.3 is 0 Å². The first-order valence-electron chi connectivity index (χ1n) is 7.46. The molecule has 1 amide bonds. The highest BCUT2D eigenvalue weighted by Gasteiger charge is 2.17. The number of aliphatic imine (C=N–C) groups is 1. The molecule has 1 atom stereocenters. The molecule has 0 aliphatic carbocycles. The van der Waals surface area contributed by atoms with E-state index in [2.05, 4.69) is 22.1 Å². The van der Waals surface area contributed by atoms with Gasteiger partial charge in [-0.05, 0) is 36.5 Å². The minimum Gasteiger partial charge on any atom is -0.370 e. The second-order valence-corrected chi connectivity index (χ2v) is 5.75. The fourth-order valence-corrected chi connectivity index (χ4v) is 2.62. The molecule has 2 rings (SSSR count). The van der Waals surface area contributed by atoms with Crippen LogP contribution in [0.5, 0.6) is 0 Å². The van der Waals surface area contributed by atoms with Crippen LogP contribution in [0.2, 0.25) is 0 Å². The van der Waals surface area contributed by atoms with Crippen LogP contribution >= 0.6 is 0 Å². The predicted molar refractivity (Wildman–Crippen MR) is 86.0 cm³/mol. The summed E-state index contributed by atoms with van der Waals surface area (Å²) in [6.07, 6.45) is 2.44. The Kier molecular flexibility index (Phi) is 5.20. The van der Waals surface area contributed by atoms with Crippen molar-refractivity contribution < 1.29 is 4.79 Å². The van der Waals surface area contributed by atoms with Crippen LogP contribution in [0, 0.1) is 5.92 Å². The number of benzene rings is 1. The van der Waals surface area contributed by atoms with Crippen molar-refractivity contribution >= 4 is 17.6 Å². The van der Waals surface area contributed by atoms with Crippen LogP contribution < -0.4 is 11.1 Å². The van der Waals surface area contributed by atoms with E-state index in [1.165, 1.54) is 19.8 Å². The van der Waals surface area contributed by atoms with E-state index in [-0.39, 0.29) is 5.91 Å². The zero-order chi connectivity index (χ0) is 15.2. The fraction of sp³-hybridized carbons (Fsp3) is 0.500. The molecule has 0 radical (unpaired) electrons. The number of rotatable bonds is 3. The molecule has 3 N–H and O–H groups in total. The van der Waals surface area contributed by atoms with E-state index in [1.807, 2.05) is 24.3 Å². The molecular weight excluding hydrogens is 264 g/mol. The van der Waals surface area contributed by atoms with Gasteiger partial charge < -0.3 is 16.0 Å². The van der Waals surface area contributed by atoms with Gasteiger partial charge in [-0.2, -0.15) is 0 Å². The largest absolute Gasteiger partial charge is 0.370 e. The van der Waals surface area contributed by atoms with Crippen molar-refractivity contribution in [2.24, 2.45) is 16.6 Å². The van der Waals surface area contributed by atoms with E-state index in [4.69, 9.17) is 5.73 Å². The Bertz CT molecular complexity index is 527. The van der Waals surface area contributed by atoms with Crippen molar-refractivity contribution in [3.05, 3.63) is 29.8 Å². The summed E-state index contributed by atoms with van der Waals surface area (Å²) in [5.41, 5.74) is 7.91. The third-order valence-corrected chi connectivity index (χ3v) is 3.65. The van der Waals surface area contributed by atoms with Crippen molar-refractivity contribution in [2.75, 3.05) is 18.4 Å². The van der Waals surface area contributed by atoms with Crippen molar-refractivity contribution in [3.8, 4) is 0 Å². The Morgan fingerprint density at radius 3 is 3.05 bits per heavy atom. The molecule has 1 heterocycles. The third kappa shape index (κ3) is 4.77. The maximum absolute atomic E-state index is 11.1. The Hall–Kier alpha value is -2.04. The molecule has 1 saturated heterocycles. The van der Waals surface area contributed by atoms with Gasteiger partial charge in [0.2, 0.25) is 5.91 Å². The SMILES string of the molecule is CC(=O)Nc1cccc(CN=C(N)N2CCCC(C)C2)c1. The topological polar surface area (TPSA) is 70.7 Å². The molecule has 0 aromatic heterocycles. The lowest BCUT2D eigenvalue weighted by molar-refractivity contribution is -0.114. The van der Waals surface area contributed by atoms with Crippen LogP contribution in [-0.4, -0.2) is 29.9 Å². The molecule has 0 spiro atoms. The van der Waals surface area contributed by atoms with Crippen molar-refractivity contribution in [3.63, 3.8) is 0 Å². The monoisotopic (exact) mass is 288 g/mol. The van der Waals surface area contributed by atoms with Crippen LogP contribution in [0.3, 0.4) is 0 Å². The van der Waals surface area contributed by atoms with Crippen LogP contribution in [0.25, 0.3) is 0 Å². The lowest BCUT2D eigenvalue weighted by Gasteiger charge is -2.31. The molecule has 114 valence electrons. The standard InChI is InChI=1S/C16H24N4O/c1-12-5-4-8-20(11-12)16(17)18-10-14-6-3-7-15(9-14)19-13(2)21/h3,6-7,9,12H,4-5,8,10-11H2,1-2H3,(H2,17,18)(H,19,21). The summed E-state index contributed by atoms with van der Waals surface area (Å²) < 4.78 is 0. The van der Waals surface area contributed by atoms with Gasteiger partial charge in [0.15, 0.2) is 5.96 Å². The van der Waals surface area contributed by atoms with Gasteiger partial charge in [0.05, 0.1) is 6.54 Å². The molecule has 1 aromatic carbocycles. The minimum absolute atomic E-state index is 0.0718. The van der Waals surface area contributed by atoms with E-state index < -0.39 is 0 Å². The van der Waals surface area contributed by atoms with Gasteiger partial charge in [-0.15, -0.1) is 0 Å². The number of nitrogens with zero attached hydrogens (tertiary/aromatic N) is 2. The second kappa shape index (κ2) is 7.11. The Morgan fingerprint density at radius 2 is 2.33 bits per heavy atom. The fourth-order valence-electron chi connectivity index (χ4n) is 2.62. The molecular formula is C16H24N4O. The van der Waals surface area contributed by atoms with E-state index in [0.717, 1.165) is 24.3 Å². The summed E-state index contributed by atoms with van der Waals surface area (Å²) in [6.45, 7) is 6.26. The number of hydrogen-bond acceptors (Lipinski definition) is 2. The van der Waals surface area contributed by atoms with Crippen LogP contribution in [0.15, 0.2) is 29.3 Å². The average Bonchev–Trinajstić information content (AvgIpc) is 2.44. The van der Waals surface area contributed by atoms with Gasteiger partial charge in [0.25, 0.3) is 0 Å². The van der Waals surface area contributed by atoms with E-state index >= 15 is 0 Å². The molecule has 1 aromatic rings. The molecule has 1 aliphatic heterocycles. The summed E-state index contributed by atoms with van der Waals surface area (Å²) in [4.78, 5) is 17.7. The van der Waals surface area contributed by atoms with Crippen LogP contribution in [0.1, 0.15) is 32.3 Å². The summed E-state index contributed by atoms with van der Waals surface area (Å²) in [6, 6.07) is 7.69.